The second-order valence-electron chi connectivity index (χ2n) is 10.5. The normalized spacial score (nSPS) is 16.0. The topological polar surface area (TPSA) is 77.9 Å². The number of rotatable bonds is 8. The van der Waals surface area contributed by atoms with Gasteiger partial charge in [-0.3, -0.25) is 4.98 Å². The number of pyridine rings is 1. The van der Waals surface area contributed by atoms with E-state index in [1.165, 1.54) is 7.11 Å². The molecule has 0 radical (unpaired) electrons. The molecule has 0 spiro atoms. The molecular weight excluding hydrogens is 572 g/mol. The van der Waals surface area contributed by atoms with Crippen LogP contribution in [0.2, 0.25) is 0 Å². The number of carbonyl (C=O) groups excluding carboxylic acids is 1. The number of nitrogens with zero attached hydrogens (tertiary/aromatic N) is 3. The second-order valence-corrected chi connectivity index (χ2v) is 10.9. The molecule has 2 atom stereocenters. The average molecular weight is 605 g/mol. The first-order chi connectivity index (χ1) is 21.4. The van der Waals surface area contributed by atoms with Gasteiger partial charge in [-0.05, 0) is 123 Å². The largest absolute Gasteiger partial charge is 0.497 e. The summed E-state index contributed by atoms with van der Waals surface area (Å²) in [4.78, 5) is 18.9. The van der Waals surface area contributed by atoms with Crippen LogP contribution < -0.4 is 19.7 Å². The molecule has 3 aromatic carbocycles. The maximum atomic E-state index is 12.0. The molecule has 3 heterocycles. The Morgan fingerprint density at radius 1 is 0.841 bits per heavy atom. The van der Waals surface area contributed by atoms with Crippen molar-refractivity contribution >= 4 is 29.0 Å². The van der Waals surface area contributed by atoms with E-state index in [1.807, 2.05) is 78.9 Å². The summed E-state index contributed by atoms with van der Waals surface area (Å²) < 4.78 is 18.4. The van der Waals surface area contributed by atoms with Gasteiger partial charge in [0.05, 0.1) is 37.6 Å². The molecule has 5 aromatic rings. The summed E-state index contributed by atoms with van der Waals surface area (Å²) in [7, 11) is 3.02. The number of hydrogen-bond donors (Lipinski definition) is 1. The third-order valence-corrected chi connectivity index (χ3v) is 8.16. The van der Waals surface area contributed by atoms with Gasteiger partial charge in [0, 0.05) is 29.0 Å². The van der Waals surface area contributed by atoms with E-state index in [9.17, 15) is 4.79 Å². The molecule has 0 saturated carbocycles. The van der Waals surface area contributed by atoms with Crippen molar-refractivity contribution in [1.29, 1.82) is 0 Å². The summed E-state index contributed by atoms with van der Waals surface area (Å²) in [6.07, 6.45) is 1.80. The van der Waals surface area contributed by atoms with E-state index in [0.717, 1.165) is 45.5 Å². The van der Waals surface area contributed by atoms with Crippen molar-refractivity contribution in [3.63, 3.8) is 0 Å². The third-order valence-electron chi connectivity index (χ3n) is 7.84. The smallest absolute Gasteiger partial charge is 0.337 e. The minimum absolute atomic E-state index is 0.181. The Morgan fingerprint density at radius 2 is 1.48 bits per heavy atom. The third kappa shape index (κ3) is 5.49. The van der Waals surface area contributed by atoms with Crippen LogP contribution in [0.25, 0.3) is 5.69 Å². The SMILES string of the molecule is COC(=O)c1ccc(-n2c(C)cc([C@@H]3[C@H](c4ccccn4)NC(=S)N3c3ccc(Oc4ccc(OC)cc4)cc3)c2C)cc1. The van der Waals surface area contributed by atoms with Crippen molar-refractivity contribution in [2.24, 2.45) is 0 Å². The standard InChI is InChI=1S/C35H32N4O4S/c1-22-21-30(23(2)38(22)25-10-8-24(9-11-25)34(40)42-4)33-32(31-7-5-6-20-36-31)37-35(44)39(33)26-12-14-28(15-13-26)43-29-18-16-27(41-3)17-19-29/h5-21,32-33H,1-4H3,(H,37,44)/t32-,33+/m0/s1. The zero-order valence-electron chi connectivity index (χ0n) is 24.9. The lowest BCUT2D eigenvalue weighted by atomic mass is 9.96. The van der Waals surface area contributed by atoms with Gasteiger partial charge >= 0.3 is 5.97 Å². The number of ether oxygens (including phenoxy) is 3. The molecule has 8 nitrogen and oxygen atoms in total. The van der Waals surface area contributed by atoms with Gasteiger partial charge in [-0.25, -0.2) is 4.79 Å². The van der Waals surface area contributed by atoms with Crippen LogP contribution >= 0.6 is 12.2 Å². The van der Waals surface area contributed by atoms with E-state index in [0.29, 0.717) is 16.4 Å². The number of hydrogen-bond acceptors (Lipinski definition) is 6. The predicted octanol–water partition coefficient (Wildman–Crippen LogP) is 7.25. The Hall–Kier alpha value is -5.15. The summed E-state index contributed by atoms with van der Waals surface area (Å²) in [5.41, 5.74) is 6.52. The van der Waals surface area contributed by atoms with Crippen LogP contribution in [-0.2, 0) is 4.74 Å². The quantitative estimate of drug-likeness (QED) is 0.147. The van der Waals surface area contributed by atoms with Crippen molar-refractivity contribution in [3.05, 3.63) is 131 Å². The highest BCUT2D eigenvalue weighted by molar-refractivity contribution is 7.80. The van der Waals surface area contributed by atoms with E-state index in [-0.39, 0.29) is 18.1 Å². The molecule has 1 aliphatic heterocycles. The van der Waals surface area contributed by atoms with E-state index in [2.05, 4.69) is 34.7 Å². The fourth-order valence-electron chi connectivity index (χ4n) is 5.75. The molecule has 0 unspecified atom stereocenters. The van der Waals surface area contributed by atoms with E-state index in [4.69, 9.17) is 31.4 Å². The first-order valence-corrected chi connectivity index (χ1v) is 14.6. The molecule has 0 bridgehead atoms. The Kier molecular flexibility index (Phi) is 8.04. The molecular formula is C35H32N4O4S. The highest BCUT2D eigenvalue weighted by Gasteiger charge is 2.42. The van der Waals surface area contributed by atoms with Crippen LogP contribution in [0.3, 0.4) is 0 Å². The summed E-state index contributed by atoms with van der Waals surface area (Å²) in [6, 6.07) is 30.6. The number of nitrogens with one attached hydrogen (secondary N) is 1. The molecule has 6 rings (SSSR count). The summed E-state index contributed by atoms with van der Waals surface area (Å²) >= 11 is 5.96. The zero-order valence-corrected chi connectivity index (χ0v) is 25.7. The Labute approximate surface area is 261 Å². The van der Waals surface area contributed by atoms with Gasteiger partial charge in [-0.15, -0.1) is 0 Å². The van der Waals surface area contributed by atoms with Crippen LogP contribution in [0.15, 0.2) is 103 Å². The molecule has 1 saturated heterocycles. The maximum Gasteiger partial charge on any atom is 0.337 e. The Bertz CT molecular complexity index is 1790. The minimum Gasteiger partial charge on any atom is -0.497 e. The molecule has 222 valence electrons. The number of methoxy groups -OCH3 is 2. The lowest BCUT2D eigenvalue weighted by Gasteiger charge is -2.28. The first kappa shape index (κ1) is 28.9. The fourth-order valence-corrected chi connectivity index (χ4v) is 6.10. The number of esters is 1. The van der Waals surface area contributed by atoms with Crippen molar-refractivity contribution in [2.45, 2.75) is 25.9 Å². The van der Waals surface area contributed by atoms with Gasteiger partial charge in [0.15, 0.2) is 5.11 Å². The molecule has 1 N–H and O–H groups in total. The van der Waals surface area contributed by atoms with E-state index >= 15 is 0 Å². The first-order valence-electron chi connectivity index (χ1n) is 14.2. The van der Waals surface area contributed by atoms with Gasteiger partial charge in [0.25, 0.3) is 0 Å². The molecule has 2 aromatic heterocycles. The van der Waals surface area contributed by atoms with Gasteiger partial charge in [-0.2, -0.15) is 0 Å². The van der Waals surface area contributed by atoms with E-state index < -0.39 is 0 Å². The molecule has 1 fully saturated rings. The second kappa shape index (κ2) is 12.2. The average Bonchev–Trinajstić information content (AvgIpc) is 3.56. The molecule has 9 heteroatoms. The van der Waals surface area contributed by atoms with Crippen molar-refractivity contribution in [3.8, 4) is 22.9 Å². The number of thiocarbonyl (C=S) groups is 1. The lowest BCUT2D eigenvalue weighted by molar-refractivity contribution is 0.0600. The van der Waals surface area contributed by atoms with Crippen molar-refractivity contribution < 1.29 is 19.0 Å². The Balaban J connectivity index is 1.37. The van der Waals surface area contributed by atoms with Gasteiger partial charge in [0.2, 0.25) is 0 Å². The molecule has 1 aliphatic rings. The highest BCUT2D eigenvalue weighted by Crippen LogP contribution is 2.44. The predicted molar refractivity (Wildman–Crippen MR) is 174 cm³/mol. The van der Waals surface area contributed by atoms with Crippen LogP contribution in [0.4, 0.5) is 5.69 Å². The van der Waals surface area contributed by atoms with Crippen LogP contribution in [-0.4, -0.2) is 34.9 Å². The number of aromatic nitrogens is 2. The highest BCUT2D eigenvalue weighted by atomic mass is 32.1. The number of anilines is 1. The molecule has 44 heavy (non-hydrogen) atoms. The summed E-state index contributed by atoms with van der Waals surface area (Å²) in [5, 5.41) is 4.16. The number of carbonyl (C=O) groups is 1. The lowest BCUT2D eigenvalue weighted by Crippen LogP contribution is -2.29. The van der Waals surface area contributed by atoms with Crippen LogP contribution in [0, 0.1) is 13.8 Å². The molecule has 0 amide bonds. The minimum atomic E-state index is -0.363. The maximum absolute atomic E-state index is 12.0. The fraction of sp³-hybridized carbons (Fsp3) is 0.171. The van der Waals surface area contributed by atoms with Gasteiger partial charge in [-0.1, -0.05) is 6.07 Å². The van der Waals surface area contributed by atoms with Gasteiger partial charge in [0.1, 0.15) is 17.2 Å². The van der Waals surface area contributed by atoms with Crippen LogP contribution in [0.1, 0.15) is 45.1 Å². The van der Waals surface area contributed by atoms with Crippen molar-refractivity contribution in [1.82, 2.24) is 14.9 Å². The Morgan fingerprint density at radius 3 is 2.09 bits per heavy atom. The summed E-state index contributed by atoms with van der Waals surface area (Å²) in [5.74, 6) is 1.84. The summed E-state index contributed by atoms with van der Waals surface area (Å²) in [6.45, 7) is 4.19. The molecule has 0 aliphatic carbocycles. The van der Waals surface area contributed by atoms with Crippen LogP contribution in [0.5, 0.6) is 17.2 Å². The van der Waals surface area contributed by atoms with Gasteiger partial charge < -0.3 is 29.0 Å². The van der Waals surface area contributed by atoms with E-state index in [1.54, 1.807) is 25.4 Å². The monoisotopic (exact) mass is 604 g/mol. The van der Waals surface area contributed by atoms with Crippen molar-refractivity contribution in [2.75, 3.05) is 19.1 Å². The number of benzene rings is 3. The zero-order chi connectivity index (χ0) is 30.8. The number of aryl methyl sites for hydroxylation is 1.